The Bertz CT molecular complexity index is 1250. The van der Waals surface area contributed by atoms with Gasteiger partial charge < -0.3 is 29.2 Å². The van der Waals surface area contributed by atoms with Crippen LogP contribution in [-0.2, 0) is 22.6 Å². The van der Waals surface area contributed by atoms with Gasteiger partial charge in [-0.25, -0.2) is 0 Å². The van der Waals surface area contributed by atoms with Crippen molar-refractivity contribution >= 4 is 17.9 Å². The van der Waals surface area contributed by atoms with Crippen molar-refractivity contribution in [3.8, 4) is 11.5 Å². The zero-order chi connectivity index (χ0) is 25.2. The Morgan fingerprint density at radius 3 is 2.69 bits per heavy atom. The predicted molar refractivity (Wildman–Crippen MR) is 135 cm³/mol. The molecule has 190 valence electrons. The highest BCUT2D eigenvalue weighted by Gasteiger charge is 2.34. The van der Waals surface area contributed by atoms with E-state index in [9.17, 15) is 14.4 Å². The second kappa shape index (κ2) is 10.2. The molecule has 2 atom stereocenters. The van der Waals surface area contributed by atoms with Crippen LogP contribution >= 0.6 is 0 Å². The topological polar surface area (TPSA) is 93.1 Å². The minimum absolute atomic E-state index is 0.0286. The summed E-state index contributed by atoms with van der Waals surface area (Å²) in [6, 6.07) is 9.18. The van der Waals surface area contributed by atoms with Gasteiger partial charge >= 0.3 is 0 Å². The molecule has 2 aromatic rings. The second-order valence-corrected chi connectivity index (χ2v) is 9.73. The molecule has 0 aliphatic carbocycles. The molecule has 0 radical (unpaired) electrons. The van der Waals surface area contributed by atoms with Crippen LogP contribution in [0.15, 0.2) is 41.3 Å². The SMILES string of the molecule is COc1cc2c(cc1OC)CC(=O)N(CC(=O)NCCN1C[C@H]3C[C@@H](C1)c1cccc(=O)n1C3)C=C2. The third kappa shape index (κ3) is 4.88. The fourth-order valence-corrected chi connectivity index (χ4v) is 5.65. The molecule has 5 rings (SSSR count). The molecule has 3 aliphatic rings. The molecule has 0 unspecified atom stereocenters. The molecule has 2 amide bonds. The van der Waals surface area contributed by atoms with Crippen LogP contribution in [0.2, 0.25) is 0 Å². The van der Waals surface area contributed by atoms with E-state index in [1.54, 1.807) is 26.5 Å². The van der Waals surface area contributed by atoms with Gasteiger partial charge in [-0.05, 0) is 47.7 Å². The quantitative estimate of drug-likeness (QED) is 0.629. The first kappa shape index (κ1) is 24.1. The Morgan fingerprint density at radius 1 is 1.08 bits per heavy atom. The molecule has 9 heteroatoms. The van der Waals surface area contributed by atoms with Crippen molar-refractivity contribution in [2.24, 2.45) is 5.92 Å². The second-order valence-electron chi connectivity index (χ2n) is 9.73. The van der Waals surface area contributed by atoms with Crippen LogP contribution in [0.1, 0.15) is 29.2 Å². The highest BCUT2D eigenvalue weighted by atomic mass is 16.5. The fourth-order valence-electron chi connectivity index (χ4n) is 5.65. The Balaban J connectivity index is 1.14. The first-order valence-electron chi connectivity index (χ1n) is 12.4. The first-order valence-corrected chi connectivity index (χ1v) is 12.4. The summed E-state index contributed by atoms with van der Waals surface area (Å²) in [5, 5.41) is 2.97. The Labute approximate surface area is 210 Å². The average molecular weight is 493 g/mol. The van der Waals surface area contributed by atoms with Gasteiger partial charge in [0.25, 0.3) is 5.56 Å². The van der Waals surface area contributed by atoms with Gasteiger partial charge in [-0.15, -0.1) is 0 Å². The third-order valence-corrected chi connectivity index (χ3v) is 7.36. The summed E-state index contributed by atoms with van der Waals surface area (Å²) in [5.74, 6) is 1.62. The minimum Gasteiger partial charge on any atom is -0.493 e. The number of amides is 2. The lowest BCUT2D eigenvalue weighted by atomic mass is 9.83. The fraction of sp³-hybridized carbons (Fsp3) is 0.444. The van der Waals surface area contributed by atoms with Crippen LogP contribution in [0.5, 0.6) is 11.5 Å². The highest BCUT2D eigenvalue weighted by Crippen LogP contribution is 2.35. The van der Waals surface area contributed by atoms with E-state index in [0.717, 1.165) is 49.4 Å². The summed E-state index contributed by atoms with van der Waals surface area (Å²) < 4.78 is 12.6. The lowest BCUT2D eigenvalue weighted by Gasteiger charge is -2.42. The van der Waals surface area contributed by atoms with Crippen LogP contribution in [0, 0.1) is 5.92 Å². The summed E-state index contributed by atoms with van der Waals surface area (Å²) in [6.45, 7) is 3.79. The lowest BCUT2D eigenvalue weighted by Crippen LogP contribution is -2.49. The molecule has 36 heavy (non-hydrogen) atoms. The average Bonchev–Trinajstić information content (AvgIpc) is 3.01. The summed E-state index contributed by atoms with van der Waals surface area (Å²) in [5.41, 5.74) is 2.90. The number of likely N-dealkylation sites (tertiary alicyclic amines) is 1. The van der Waals surface area contributed by atoms with Gasteiger partial charge in [0.05, 0.1) is 20.6 Å². The van der Waals surface area contributed by atoms with Crippen LogP contribution < -0.4 is 20.3 Å². The third-order valence-electron chi connectivity index (χ3n) is 7.36. The number of ether oxygens (including phenoxy) is 2. The molecule has 1 aromatic carbocycles. The van der Waals surface area contributed by atoms with Crippen molar-refractivity contribution in [2.45, 2.75) is 25.3 Å². The Hall–Kier alpha value is -3.59. The number of piperidine rings is 1. The Kier molecular flexibility index (Phi) is 6.82. The number of aromatic nitrogens is 1. The number of nitrogens with one attached hydrogen (secondary N) is 1. The lowest BCUT2D eigenvalue weighted by molar-refractivity contribution is -0.132. The Morgan fingerprint density at radius 2 is 1.89 bits per heavy atom. The zero-order valence-corrected chi connectivity index (χ0v) is 20.7. The molecule has 4 heterocycles. The van der Waals surface area contributed by atoms with E-state index in [1.807, 2.05) is 28.8 Å². The van der Waals surface area contributed by atoms with Crippen molar-refractivity contribution < 1.29 is 19.1 Å². The van der Waals surface area contributed by atoms with Gasteiger partial charge in [0, 0.05) is 56.6 Å². The molecular weight excluding hydrogens is 460 g/mol. The number of fused-ring (bicyclic) bond motifs is 5. The van der Waals surface area contributed by atoms with Crippen molar-refractivity contribution in [3.05, 3.63) is 63.7 Å². The number of rotatable bonds is 7. The molecule has 1 N–H and O–H groups in total. The number of carbonyl (C=O) groups is 2. The van der Waals surface area contributed by atoms with E-state index in [4.69, 9.17) is 9.47 Å². The molecule has 0 spiro atoms. The van der Waals surface area contributed by atoms with E-state index >= 15 is 0 Å². The maximum Gasteiger partial charge on any atom is 0.250 e. The van der Waals surface area contributed by atoms with Crippen LogP contribution in [-0.4, -0.2) is 73.1 Å². The smallest absolute Gasteiger partial charge is 0.250 e. The van der Waals surface area contributed by atoms with E-state index in [1.165, 1.54) is 4.90 Å². The maximum atomic E-state index is 12.8. The van der Waals surface area contributed by atoms with Gasteiger partial charge in [-0.2, -0.15) is 0 Å². The number of methoxy groups -OCH3 is 2. The van der Waals surface area contributed by atoms with Crippen LogP contribution in [0.4, 0.5) is 0 Å². The highest BCUT2D eigenvalue weighted by molar-refractivity contribution is 5.89. The van der Waals surface area contributed by atoms with Gasteiger partial charge in [-0.3, -0.25) is 14.4 Å². The normalized spacial score (nSPS) is 20.8. The van der Waals surface area contributed by atoms with E-state index in [2.05, 4.69) is 16.3 Å². The zero-order valence-electron chi connectivity index (χ0n) is 20.7. The molecule has 1 aromatic heterocycles. The summed E-state index contributed by atoms with van der Waals surface area (Å²) in [6.07, 6.45) is 4.77. The van der Waals surface area contributed by atoms with Gasteiger partial charge in [0.1, 0.15) is 6.54 Å². The van der Waals surface area contributed by atoms with Crippen molar-refractivity contribution in [2.75, 3.05) is 46.9 Å². The van der Waals surface area contributed by atoms with E-state index < -0.39 is 0 Å². The molecule has 3 aliphatic heterocycles. The van der Waals surface area contributed by atoms with E-state index in [0.29, 0.717) is 29.9 Å². The van der Waals surface area contributed by atoms with Gasteiger partial charge in [-0.1, -0.05) is 6.07 Å². The number of nitrogens with zero attached hydrogens (tertiary/aromatic N) is 3. The number of benzene rings is 1. The number of pyridine rings is 1. The standard InChI is InChI=1S/C27H32N4O5/c1-35-23-11-19-6-8-30(27(34)13-20(19)12-24(23)36-2)17-25(32)28-7-9-29-14-18-10-21(16-29)22-4-3-5-26(33)31(22)15-18/h3-6,8,11-12,18,21H,7,9-10,13-17H2,1-2H3,(H,28,32)/t18-,21+/m1/s1. The van der Waals surface area contributed by atoms with Crippen molar-refractivity contribution in [1.29, 1.82) is 0 Å². The van der Waals surface area contributed by atoms with E-state index in [-0.39, 0.29) is 30.3 Å². The summed E-state index contributed by atoms with van der Waals surface area (Å²) in [7, 11) is 3.13. The summed E-state index contributed by atoms with van der Waals surface area (Å²) in [4.78, 5) is 41.5. The van der Waals surface area contributed by atoms with Crippen molar-refractivity contribution in [3.63, 3.8) is 0 Å². The molecule has 1 fully saturated rings. The van der Waals surface area contributed by atoms with Gasteiger partial charge in [0.15, 0.2) is 11.5 Å². The molecule has 0 saturated carbocycles. The molecular formula is C27H32N4O5. The van der Waals surface area contributed by atoms with Gasteiger partial charge in [0.2, 0.25) is 11.8 Å². The number of carbonyl (C=O) groups excluding carboxylic acids is 2. The predicted octanol–water partition coefficient (Wildman–Crippen LogP) is 1.46. The van der Waals surface area contributed by atoms with Crippen LogP contribution in [0.25, 0.3) is 6.08 Å². The first-order chi connectivity index (χ1) is 17.4. The minimum atomic E-state index is -0.191. The molecule has 2 bridgehead atoms. The maximum absolute atomic E-state index is 12.8. The monoisotopic (exact) mass is 492 g/mol. The summed E-state index contributed by atoms with van der Waals surface area (Å²) >= 11 is 0. The van der Waals surface area contributed by atoms with Crippen molar-refractivity contribution in [1.82, 2.24) is 19.7 Å². The molecule has 1 saturated heterocycles. The molecule has 9 nitrogen and oxygen atoms in total. The number of hydrogen-bond donors (Lipinski definition) is 1. The number of hydrogen-bond acceptors (Lipinski definition) is 6. The largest absolute Gasteiger partial charge is 0.493 e. The van der Waals surface area contributed by atoms with Crippen LogP contribution in [0.3, 0.4) is 0 Å².